The van der Waals surface area contributed by atoms with E-state index in [0.717, 1.165) is 55.5 Å². The van der Waals surface area contributed by atoms with Crippen LogP contribution in [0.2, 0.25) is 0 Å². The van der Waals surface area contributed by atoms with E-state index < -0.39 is 0 Å². The van der Waals surface area contributed by atoms with Crippen LogP contribution in [0.25, 0.3) is 116 Å². The molecule has 10 aromatic carbocycles. The number of aromatic nitrogens is 4. The van der Waals surface area contributed by atoms with Crippen molar-refractivity contribution in [1.29, 1.82) is 0 Å². The highest BCUT2D eigenvalue weighted by Gasteiger charge is 2.21. The van der Waals surface area contributed by atoms with Crippen LogP contribution in [0.15, 0.2) is 218 Å². The molecule has 0 aliphatic heterocycles. The van der Waals surface area contributed by atoms with Crippen LogP contribution in [0.1, 0.15) is 0 Å². The minimum absolute atomic E-state index is 0.613. The Morgan fingerprint density at radius 1 is 0.279 bits per heavy atom. The van der Waals surface area contributed by atoms with Crippen LogP contribution in [0.5, 0.6) is 0 Å². The zero-order valence-corrected chi connectivity index (χ0v) is 33.1. The van der Waals surface area contributed by atoms with Gasteiger partial charge in [-0.3, -0.25) is 0 Å². The summed E-state index contributed by atoms with van der Waals surface area (Å²) in [4.78, 5) is 15.7. The van der Waals surface area contributed by atoms with Crippen LogP contribution in [-0.4, -0.2) is 19.5 Å². The van der Waals surface area contributed by atoms with Gasteiger partial charge in [0.15, 0.2) is 17.5 Å². The standard InChI is InChI=1S/C57H36N4/c1-3-14-37(15-4-1)42-23-13-24-45(32-42)51-36-47(61-53-35-44-22-10-9-21-43(44)34-52(53)49-30-28-39-17-11-12-25-48(39)54(49)61)29-31-50(51)57-59-55(40-18-5-2-6-19-40)58-56(60-57)46-27-26-38-16-7-8-20-41(38)33-46/h1-36H. The van der Waals surface area contributed by atoms with E-state index in [1.807, 2.05) is 18.2 Å². The number of fused-ring (bicyclic) bond motifs is 7. The van der Waals surface area contributed by atoms with E-state index in [2.05, 4.69) is 205 Å². The number of benzene rings is 10. The summed E-state index contributed by atoms with van der Waals surface area (Å²) in [5.41, 5.74) is 10.6. The van der Waals surface area contributed by atoms with Crippen molar-refractivity contribution in [2.45, 2.75) is 0 Å². The molecule has 0 amide bonds. The quantitative estimate of drug-likeness (QED) is 0.169. The minimum Gasteiger partial charge on any atom is -0.309 e. The Morgan fingerprint density at radius 2 is 0.869 bits per heavy atom. The van der Waals surface area contributed by atoms with Gasteiger partial charge < -0.3 is 4.57 Å². The molecule has 2 heterocycles. The van der Waals surface area contributed by atoms with Crippen LogP contribution in [0.3, 0.4) is 0 Å². The van der Waals surface area contributed by atoms with E-state index in [1.54, 1.807) is 0 Å². The molecule has 4 heteroatoms. The molecule has 12 rings (SSSR count). The van der Waals surface area contributed by atoms with Gasteiger partial charge in [-0.15, -0.1) is 0 Å². The molecule has 0 spiro atoms. The molecular weight excluding hydrogens is 741 g/mol. The smallest absolute Gasteiger partial charge is 0.164 e. The fourth-order valence-corrected chi connectivity index (χ4v) is 9.00. The maximum atomic E-state index is 5.31. The molecule has 0 saturated carbocycles. The van der Waals surface area contributed by atoms with Crippen molar-refractivity contribution in [3.63, 3.8) is 0 Å². The third-order valence-electron chi connectivity index (χ3n) is 12.0. The molecule has 0 N–H and O–H groups in total. The molecule has 0 unspecified atom stereocenters. The number of hydrogen-bond acceptors (Lipinski definition) is 3. The Hall–Kier alpha value is -8.21. The average molecular weight is 777 g/mol. The molecule has 12 aromatic rings. The highest BCUT2D eigenvalue weighted by molar-refractivity contribution is 6.20. The van der Waals surface area contributed by atoms with E-state index in [4.69, 9.17) is 15.0 Å². The summed E-state index contributed by atoms with van der Waals surface area (Å²) in [5, 5.41) is 9.60. The summed E-state index contributed by atoms with van der Waals surface area (Å²) >= 11 is 0. The lowest BCUT2D eigenvalue weighted by molar-refractivity contribution is 1.07. The maximum Gasteiger partial charge on any atom is 0.164 e. The SMILES string of the molecule is c1ccc(-c2cccc(-c3cc(-n4c5cc6ccccc6cc5c5ccc6ccccc6c54)ccc3-c3nc(-c4ccccc4)nc(-c4ccc5ccccc5c4)n3)c2)cc1. The Kier molecular flexibility index (Phi) is 8.13. The van der Waals surface area contributed by atoms with Gasteiger partial charge in [-0.1, -0.05) is 176 Å². The third-order valence-corrected chi connectivity index (χ3v) is 12.0. The second-order valence-electron chi connectivity index (χ2n) is 15.6. The Labute approximate surface area is 352 Å². The van der Waals surface area contributed by atoms with E-state index in [0.29, 0.717) is 17.5 Å². The summed E-state index contributed by atoms with van der Waals surface area (Å²) in [5.74, 6) is 1.87. The predicted octanol–water partition coefficient (Wildman–Crippen LogP) is 14.8. The van der Waals surface area contributed by atoms with Crippen LogP contribution >= 0.6 is 0 Å². The van der Waals surface area contributed by atoms with Crippen molar-refractivity contribution in [2.24, 2.45) is 0 Å². The van der Waals surface area contributed by atoms with Crippen molar-refractivity contribution in [1.82, 2.24) is 19.5 Å². The molecule has 0 saturated heterocycles. The van der Waals surface area contributed by atoms with Gasteiger partial charge in [-0.25, -0.2) is 15.0 Å². The van der Waals surface area contributed by atoms with Crippen LogP contribution < -0.4 is 0 Å². The molecular formula is C57H36N4. The minimum atomic E-state index is 0.613. The zero-order chi connectivity index (χ0) is 40.3. The van der Waals surface area contributed by atoms with E-state index in [9.17, 15) is 0 Å². The summed E-state index contributed by atoms with van der Waals surface area (Å²) in [6, 6.07) is 77.8. The molecule has 61 heavy (non-hydrogen) atoms. The van der Waals surface area contributed by atoms with Gasteiger partial charge in [0, 0.05) is 38.5 Å². The Bertz CT molecular complexity index is 3650. The second-order valence-corrected chi connectivity index (χ2v) is 15.6. The van der Waals surface area contributed by atoms with Gasteiger partial charge in [0.25, 0.3) is 0 Å². The molecule has 0 atom stereocenters. The second kappa shape index (κ2) is 14.3. The molecule has 4 nitrogen and oxygen atoms in total. The molecule has 0 aliphatic rings. The first-order chi connectivity index (χ1) is 30.2. The van der Waals surface area contributed by atoms with Gasteiger partial charge in [0.2, 0.25) is 0 Å². The largest absolute Gasteiger partial charge is 0.309 e. The first-order valence-corrected chi connectivity index (χ1v) is 20.7. The van der Waals surface area contributed by atoms with Crippen molar-refractivity contribution in [3.05, 3.63) is 218 Å². The van der Waals surface area contributed by atoms with Gasteiger partial charge in [0.1, 0.15) is 0 Å². The van der Waals surface area contributed by atoms with Crippen LogP contribution in [-0.2, 0) is 0 Å². The fourth-order valence-electron chi connectivity index (χ4n) is 9.00. The van der Waals surface area contributed by atoms with E-state index in [1.165, 1.54) is 43.2 Å². The summed E-state index contributed by atoms with van der Waals surface area (Å²) in [7, 11) is 0. The molecule has 284 valence electrons. The number of rotatable bonds is 6. The number of nitrogens with zero attached hydrogens (tertiary/aromatic N) is 4. The van der Waals surface area contributed by atoms with Gasteiger partial charge in [0.05, 0.1) is 11.0 Å². The van der Waals surface area contributed by atoms with Crippen molar-refractivity contribution in [2.75, 3.05) is 0 Å². The Morgan fingerprint density at radius 3 is 1.66 bits per heavy atom. The van der Waals surface area contributed by atoms with Gasteiger partial charge in [-0.2, -0.15) is 0 Å². The zero-order valence-electron chi connectivity index (χ0n) is 33.1. The summed E-state index contributed by atoms with van der Waals surface area (Å²) < 4.78 is 2.46. The molecule has 0 fully saturated rings. The molecule has 0 radical (unpaired) electrons. The van der Waals surface area contributed by atoms with E-state index >= 15 is 0 Å². The topological polar surface area (TPSA) is 43.6 Å². The van der Waals surface area contributed by atoms with Crippen LogP contribution in [0, 0.1) is 0 Å². The monoisotopic (exact) mass is 776 g/mol. The average Bonchev–Trinajstić information content (AvgIpc) is 3.67. The van der Waals surface area contributed by atoms with Gasteiger partial charge >= 0.3 is 0 Å². The van der Waals surface area contributed by atoms with Gasteiger partial charge in [-0.05, 0) is 91.6 Å². The molecule has 0 bridgehead atoms. The predicted molar refractivity (Wildman–Crippen MR) is 254 cm³/mol. The highest BCUT2D eigenvalue weighted by atomic mass is 15.0. The normalized spacial score (nSPS) is 11.6. The summed E-state index contributed by atoms with van der Waals surface area (Å²) in [6.07, 6.45) is 0. The van der Waals surface area contributed by atoms with E-state index in [-0.39, 0.29) is 0 Å². The number of hydrogen-bond donors (Lipinski definition) is 0. The third kappa shape index (κ3) is 6.04. The lowest BCUT2D eigenvalue weighted by Crippen LogP contribution is -2.02. The Balaban J connectivity index is 1.15. The lowest BCUT2D eigenvalue weighted by Gasteiger charge is -2.17. The van der Waals surface area contributed by atoms with Crippen molar-refractivity contribution >= 4 is 54.1 Å². The summed E-state index contributed by atoms with van der Waals surface area (Å²) in [6.45, 7) is 0. The molecule has 2 aromatic heterocycles. The first-order valence-electron chi connectivity index (χ1n) is 20.7. The first kappa shape index (κ1) is 34.8. The fraction of sp³-hybridized carbons (Fsp3) is 0. The molecule has 0 aliphatic carbocycles. The highest BCUT2D eigenvalue weighted by Crippen LogP contribution is 2.42. The van der Waals surface area contributed by atoms with Crippen LogP contribution in [0.4, 0.5) is 0 Å². The van der Waals surface area contributed by atoms with Crippen molar-refractivity contribution < 1.29 is 0 Å². The van der Waals surface area contributed by atoms with Crippen molar-refractivity contribution in [3.8, 4) is 62.1 Å². The maximum absolute atomic E-state index is 5.31. The lowest BCUT2D eigenvalue weighted by atomic mass is 9.94.